The summed E-state index contributed by atoms with van der Waals surface area (Å²) in [5.74, 6) is 0.481. The van der Waals surface area contributed by atoms with E-state index in [-0.39, 0.29) is 29.8 Å². The van der Waals surface area contributed by atoms with Crippen LogP contribution in [0.25, 0.3) is 5.65 Å². The number of guanidine groups is 1. The predicted octanol–water partition coefficient (Wildman–Crippen LogP) is 3.70. The number of halogens is 2. The number of aryl methyl sites for hydroxylation is 1. The highest BCUT2D eigenvalue weighted by Gasteiger charge is 2.04. The molecule has 144 valence electrons. The number of nitrogens with zero attached hydrogens (tertiary/aromatic N) is 3. The maximum atomic E-state index is 13.3. The lowest BCUT2D eigenvalue weighted by molar-refractivity contribution is 0.625. The van der Waals surface area contributed by atoms with Gasteiger partial charge in [-0.05, 0) is 43.2 Å². The predicted molar refractivity (Wildman–Crippen MR) is 118 cm³/mol. The summed E-state index contributed by atoms with van der Waals surface area (Å²) in [4.78, 5) is 9.19. The number of benzene rings is 1. The maximum Gasteiger partial charge on any atom is 0.191 e. The Morgan fingerprint density at radius 3 is 2.81 bits per heavy atom. The molecule has 0 radical (unpaired) electrons. The minimum Gasteiger partial charge on any atom is -0.357 e. The fourth-order valence-corrected chi connectivity index (χ4v) is 2.78. The Kier molecular flexibility index (Phi) is 8.02. The van der Waals surface area contributed by atoms with Crippen LogP contribution in [0.2, 0.25) is 0 Å². The summed E-state index contributed by atoms with van der Waals surface area (Å²) in [5.41, 5.74) is 4.04. The lowest BCUT2D eigenvalue weighted by Gasteiger charge is -2.10. The molecule has 5 nitrogen and oxygen atoms in total. The number of nitrogens with one attached hydrogen (secondary N) is 2. The van der Waals surface area contributed by atoms with Crippen molar-refractivity contribution in [1.29, 1.82) is 0 Å². The Morgan fingerprint density at radius 2 is 2.07 bits per heavy atom. The highest BCUT2D eigenvalue weighted by molar-refractivity contribution is 14.0. The number of fused-ring (bicyclic) bond motifs is 1. The molecule has 0 atom stereocenters. The molecule has 0 bridgehead atoms. The lowest BCUT2D eigenvalue weighted by Crippen LogP contribution is -2.38. The van der Waals surface area contributed by atoms with Crippen molar-refractivity contribution in [3.05, 3.63) is 71.4 Å². The van der Waals surface area contributed by atoms with Gasteiger partial charge in [0.05, 0.1) is 12.2 Å². The summed E-state index contributed by atoms with van der Waals surface area (Å²) < 4.78 is 15.3. The van der Waals surface area contributed by atoms with Crippen molar-refractivity contribution in [3.63, 3.8) is 0 Å². The van der Waals surface area contributed by atoms with E-state index in [0.717, 1.165) is 47.9 Å². The quantitative estimate of drug-likeness (QED) is 0.321. The average molecular weight is 481 g/mol. The molecular formula is C20H25FIN5. The summed E-state index contributed by atoms with van der Waals surface area (Å²) in [6.45, 7) is 6.00. The number of aliphatic imine (C=N–C) groups is 1. The van der Waals surface area contributed by atoms with Crippen LogP contribution in [0.3, 0.4) is 0 Å². The Bertz CT molecular complexity index is 906. The molecule has 3 aromatic rings. The number of hydrogen-bond donors (Lipinski definition) is 2. The van der Waals surface area contributed by atoms with Crippen LogP contribution in [-0.4, -0.2) is 28.4 Å². The molecule has 0 saturated heterocycles. The summed E-state index contributed by atoms with van der Waals surface area (Å²) in [6.07, 6.45) is 4.86. The van der Waals surface area contributed by atoms with Crippen molar-refractivity contribution >= 4 is 35.6 Å². The van der Waals surface area contributed by atoms with Crippen LogP contribution in [0.4, 0.5) is 4.39 Å². The van der Waals surface area contributed by atoms with Crippen LogP contribution in [0, 0.1) is 12.7 Å². The van der Waals surface area contributed by atoms with Crippen molar-refractivity contribution in [2.45, 2.75) is 26.8 Å². The maximum absolute atomic E-state index is 13.3. The highest BCUT2D eigenvalue weighted by atomic mass is 127. The monoisotopic (exact) mass is 481 g/mol. The van der Waals surface area contributed by atoms with Gasteiger partial charge in [0.15, 0.2) is 5.96 Å². The summed E-state index contributed by atoms with van der Waals surface area (Å²) in [5, 5.41) is 6.52. The molecule has 1 aromatic carbocycles. The Balaban J connectivity index is 0.00000261. The van der Waals surface area contributed by atoms with E-state index in [1.54, 1.807) is 6.07 Å². The van der Waals surface area contributed by atoms with Crippen molar-refractivity contribution < 1.29 is 4.39 Å². The van der Waals surface area contributed by atoms with Gasteiger partial charge >= 0.3 is 0 Å². The summed E-state index contributed by atoms with van der Waals surface area (Å²) in [7, 11) is 0. The van der Waals surface area contributed by atoms with Gasteiger partial charge < -0.3 is 15.0 Å². The summed E-state index contributed by atoms with van der Waals surface area (Å²) in [6, 6.07) is 10.6. The molecule has 7 heteroatoms. The van der Waals surface area contributed by atoms with Crippen molar-refractivity contribution in [1.82, 2.24) is 20.0 Å². The van der Waals surface area contributed by atoms with E-state index in [4.69, 9.17) is 0 Å². The van der Waals surface area contributed by atoms with Crippen LogP contribution in [0.1, 0.15) is 23.7 Å². The lowest BCUT2D eigenvalue weighted by atomic mass is 10.2. The molecule has 2 N–H and O–H groups in total. The van der Waals surface area contributed by atoms with E-state index in [2.05, 4.69) is 39.8 Å². The van der Waals surface area contributed by atoms with Crippen LogP contribution >= 0.6 is 24.0 Å². The van der Waals surface area contributed by atoms with Crippen LogP contribution in [0.5, 0.6) is 0 Å². The molecule has 0 amide bonds. The second-order valence-electron chi connectivity index (χ2n) is 6.16. The molecule has 3 rings (SSSR count). The minimum absolute atomic E-state index is 0. The zero-order valence-electron chi connectivity index (χ0n) is 15.6. The molecule has 2 heterocycles. The first kappa shape index (κ1) is 21.1. The molecule has 27 heavy (non-hydrogen) atoms. The SMILES string of the molecule is CCNC(=NCc1cccc(F)c1)NCCc1cn2cccc(C)c2n1.I. The Labute approximate surface area is 176 Å². The van der Waals surface area contributed by atoms with Gasteiger partial charge in [-0.25, -0.2) is 14.4 Å². The second kappa shape index (κ2) is 10.2. The van der Waals surface area contributed by atoms with Crippen LogP contribution in [-0.2, 0) is 13.0 Å². The van der Waals surface area contributed by atoms with E-state index in [0.29, 0.717) is 6.54 Å². The number of rotatable bonds is 6. The van der Waals surface area contributed by atoms with E-state index in [1.807, 2.05) is 29.7 Å². The molecule has 0 unspecified atom stereocenters. The molecule has 0 aliphatic heterocycles. The smallest absolute Gasteiger partial charge is 0.191 e. The Hall–Kier alpha value is -2.16. The number of aromatic nitrogens is 2. The molecule has 2 aromatic heterocycles. The zero-order chi connectivity index (χ0) is 18.4. The number of pyridine rings is 1. The topological polar surface area (TPSA) is 53.7 Å². The molecule has 0 aliphatic carbocycles. The van der Waals surface area contributed by atoms with Gasteiger partial charge in [0.1, 0.15) is 11.5 Å². The largest absolute Gasteiger partial charge is 0.357 e. The van der Waals surface area contributed by atoms with E-state index in [1.165, 1.54) is 12.1 Å². The molecule has 0 aliphatic rings. The minimum atomic E-state index is -0.238. The van der Waals surface area contributed by atoms with Gasteiger partial charge in [0.2, 0.25) is 0 Å². The second-order valence-corrected chi connectivity index (χ2v) is 6.16. The summed E-state index contributed by atoms with van der Waals surface area (Å²) >= 11 is 0. The zero-order valence-corrected chi connectivity index (χ0v) is 17.9. The molecule has 0 fully saturated rings. The van der Waals surface area contributed by atoms with Crippen LogP contribution < -0.4 is 10.6 Å². The van der Waals surface area contributed by atoms with Gasteiger partial charge in [-0.3, -0.25) is 0 Å². The standard InChI is InChI=1S/C20H24FN5.HI/c1-3-22-20(24-13-16-7-4-8-17(21)12-16)23-10-9-18-14-26-11-5-6-15(2)19(26)25-18;/h4-8,11-12,14H,3,9-10,13H2,1-2H3,(H2,22,23,24);1H. The van der Waals surface area contributed by atoms with Gasteiger partial charge in [0.25, 0.3) is 0 Å². The number of imidazole rings is 1. The average Bonchev–Trinajstić information content (AvgIpc) is 3.04. The highest BCUT2D eigenvalue weighted by Crippen LogP contribution is 2.10. The third-order valence-corrected chi connectivity index (χ3v) is 4.05. The number of hydrogen-bond acceptors (Lipinski definition) is 2. The normalized spacial score (nSPS) is 11.3. The third kappa shape index (κ3) is 5.92. The van der Waals surface area contributed by atoms with Crippen molar-refractivity contribution in [3.8, 4) is 0 Å². The van der Waals surface area contributed by atoms with Gasteiger partial charge in [0, 0.05) is 31.9 Å². The van der Waals surface area contributed by atoms with E-state index < -0.39 is 0 Å². The first-order valence-corrected chi connectivity index (χ1v) is 8.85. The van der Waals surface area contributed by atoms with E-state index >= 15 is 0 Å². The molecule has 0 saturated carbocycles. The fraction of sp³-hybridized carbons (Fsp3) is 0.300. The molecule has 0 spiro atoms. The fourth-order valence-electron chi connectivity index (χ4n) is 2.78. The first-order valence-electron chi connectivity index (χ1n) is 8.85. The molecular weight excluding hydrogens is 456 g/mol. The van der Waals surface area contributed by atoms with Crippen molar-refractivity contribution in [2.24, 2.45) is 4.99 Å². The van der Waals surface area contributed by atoms with Gasteiger partial charge in [-0.15, -0.1) is 24.0 Å². The van der Waals surface area contributed by atoms with Crippen LogP contribution in [0.15, 0.2) is 53.8 Å². The Morgan fingerprint density at radius 1 is 1.22 bits per heavy atom. The van der Waals surface area contributed by atoms with Gasteiger partial charge in [-0.1, -0.05) is 18.2 Å². The first-order chi connectivity index (χ1) is 12.7. The van der Waals surface area contributed by atoms with Gasteiger partial charge in [-0.2, -0.15) is 0 Å². The third-order valence-electron chi connectivity index (χ3n) is 4.05. The van der Waals surface area contributed by atoms with Crippen molar-refractivity contribution in [2.75, 3.05) is 13.1 Å². The van der Waals surface area contributed by atoms with E-state index in [9.17, 15) is 4.39 Å².